The highest BCUT2D eigenvalue weighted by Crippen LogP contribution is 2.37. The number of aliphatic hydroxyl groups excluding tert-OH is 1. The second kappa shape index (κ2) is 6.80. The molecule has 124 valence electrons. The van der Waals surface area contributed by atoms with Gasteiger partial charge in [-0.2, -0.15) is 0 Å². The molecule has 1 aromatic heterocycles. The van der Waals surface area contributed by atoms with Gasteiger partial charge in [-0.05, 0) is 18.2 Å². The molecule has 0 fully saturated rings. The zero-order valence-corrected chi connectivity index (χ0v) is 13.3. The summed E-state index contributed by atoms with van der Waals surface area (Å²) in [6, 6.07) is 12.5. The van der Waals surface area contributed by atoms with Crippen molar-refractivity contribution in [3.63, 3.8) is 0 Å². The van der Waals surface area contributed by atoms with Crippen molar-refractivity contribution in [2.45, 2.75) is 19.1 Å². The molecule has 1 amide bonds. The first kappa shape index (κ1) is 16.1. The monoisotopic (exact) mass is 326 g/mol. The third-order valence-electron chi connectivity index (χ3n) is 4.17. The smallest absolute Gasteiger partial charge is 0.312 e. The number of amides is 1. The number of pyridine rings is 1. The third kappa shape index (κ3) is 3.00. The van der Waals surface area contributed by atoms with Gasteiger partial charge in [0.25, 0.3) is 0 Å². The Morgan fingerprint density at radius 2 is 2.04 bits per heavy atom. The first-order chi connectivity index (χ1) is 11.6. The predicted octanol–water partition coefficient (Wildman–Crippen LogP) is 1.84. The summed E-state index contributed by atoms with van der Waals surface area (Å²) in [7, 11) is 1.25. The van der Waals surface area contributed by atoms with Gasteiger partial charge >= 0.3 is 5.97 Å². The quantitative estimate of drug-likeness (QED) is 0.871. The van der Waals surface area contributed by atoms with Gasteiger partial charge in [0.2, 0.25) is 5.91 Å². The molecule has 0 bridgehead atoms. The molecular formula is C18H18N2O4. The Morgan fingerprint density at radius 1 is 1.29 bits per heavy atom. The fourth-order valence-corrected chi connectivity index (χ4v) is 2.94. The summed E-state index contributed by atoms with van der Waals surface area (Å²) >= 11 is 0. The van der Waals surface area contributed by atoms with E-state index in [-0.39, 0.29) is 18.9 Å². The van der Waals surface area contributed by atoms with Crippen LogP contribution in [0.4, 0.5) is 5.69 Å². The largest absolute Gasteiger partial charge is 0.469 e. The highest BCUT2D eigenvalue weighted by Gasteiger charge is 2.38. The molecule has 6 heteroatoms. The summed E-state index contributed by atoms with van der Waals surface area (Å²) in [5.74, 6) is -1.76. The fourth-order valence-electron chi connectivity index (χ4n) is 2.94. The van der Waals surface area contributed by atoms with Gasteiger partial charge in [-0.3, -0.25) is 14.6 Å². The Bertz CT molecular complexity index is 748. The number of rotatable bonds is 3. The van der Waals surface area contributed by atoms with Crippen LogP contribution in [0.3, 0.4) is 0 Å². The summed E-state index contributed by atoms with van der Waals surface area (Å²) in [6.45, 7) is 0.275. The molecule has 0 saturated carbocycles. The van der Waals surface area contributed by atoms with Crippen LogP contribution in [-0.2, 0) is 20.9 Å². The average Bonchev–Trinajstić information content (AvgIpc) is 2.72. The van der Waals surface area contributed by atoms with E-state index in [0.29, 0.717) is 11.3 Å². The van der Waals surface area contributed by atoms with E-state index in [1.54, 1.807) is 41.4 Å². The molecule has 6 nitrogen and oxygen atoms in total. The minimum atomic E-state index is -1.09. The molecule has 0 aliphatic carbocycles. The van der Waals surface area contributed by atoms with Crippen molar-refractivity contribution in [2.24, 2.45) is 5.92 Å². The molecule has 0 saturated heterocycles. The van der Waals surface area contributed by atoms with E-state index in [0.717, 1.165) is 5.69 Å². The van der Waals surface area contributed by atoms with Crippen molar-refractivity contribution in [3.05, 3.63) is 59.9 Å². The molecular weight excluding hydrogens is 308 g/mol. The van der Waals surface area contributed by atoms with Crippen molar-refractivity contribution in [1.82, 2.24) is 4.98 Å². The van der Waals surface area contributed by atoms with E-state index in [1.807, 2.05) is 12.1 Å². The maximum absolute atomic E-state index is 12.7. The number of aliphatic hydroxyl groups is 1. The average molecular weight is 326 g/mol. The number of hydrogen-bond acceptors (Lipinski definition) is 5. The number of esters is 1. The van der Waals surface area contributed by atoms with Crippen molar-refractivity contribution in [1.29, 1.82) is 0 Å². The van der Waals surface area contributed by atoms with Crippen LogP contribution in [0.15, 0.2) is 48.7 Å². The van der Waals surface area contributed by atoms with Crippen LogP contribution in [-0.4, -0.2) is 29.1 Å². The van der Waals surface area contributed by atoms with E-state index >= 15 is 0 Å². The summed E-state index contributed by atoms with van der Waals surface area (Å²) in [4.78, 5) is 30.5. The first-order valence-electron chi connectivity index (χ1n) is 7.67. The minimum absolute atomic E-state index is 0.116. The van der Waals surface area contributed by atoms with E-state index in [9.17, 15) is 14.7 Å². The molecule has 24 heavy (non-hydrogen) atoms. The Hall–Kier alpha value is -2.73. The van der Waals surface area contributed by atoms with Crippen LogP contribution >= 0.6 is 0 Å². The molecule has 0 radical (unpaired) electrons. The van der Waals surface area contributed by atoms with Crippen molar-refractivity contribution in [2.75, 3.05) is 12.0 Å². The zero-order chi connectivity index (χ0) is 17.1. The van der Waals surface area contributed by atoms with Crippen LogP contribution in [0, 0.1) is 5.92 Å². The zero-order valence-electron chi connectivity index (χ0n) is 13.3. The first-order valence-corrected chi connectivity index (χ1v) is 7.67. The molecule has 1 aromatic carbocycles. The van der Waals surface area contributed by atoms with Gasteiger partial charge in [0.05, 0.1) is 31.4 Å². The fraction of sp³-hybridized carbons (Fsp3) is 0.278. The van der Waals surface area contributed by atoms with Crippen LogP contribution in [0.1, 0.15) is 23.8 Å². The second-order valence-corrected chi connectivity index (χ2v) is 5.64. The minimum Gasteiger partial charge on any atom is -0.469 e. The summed E-state index contributed by atoms with van der Waals surface area (Å²) in [5, 5.41) is 10.6. The van der Waals surface area contributed by atoms with Crippen LogP contribution in [0.25, 0.3) is 0 Å². The summed E-state index contributed by atoms with van der Waals surface area (Å²) in [6.07, 6.45) is 0.455. The number of carbonyl (C=O) groups excluding carboxylic acids is 2. The van der Waals surface area contributed by atoms with E-state index in [1.165, 1.54) is 7.11 Å². The number of anilines is 1. The lowest BCUT2D eigenvalue weighted by molar-refractivity contribution is -0.151. The van der Waals surface area contributed by atoms with Gasteiger partial charge in [-0.1, -0.05) is 24.3 Å². The Morgan fingerprint density at radius 3 is 2.75 bits per heavy atom. The van der Waals surface area contributed by atoms with Crippen molar-refractivity contribution in [3.8, 4) is 0 Å². The maximum Gasteiger partial charge on any atom is 0.312 e. The summed E-state index contributed by atoms with van der Waals surface area (Å²) in [5.41, 5.74) is 1.85. The third-order valence-corrected chi connectivity index (χ3v) is 4.17. The van der Waals surface area contributed by atoms with Crippen LogP contribution in [0.2, 0.25) is 0 Å². The van der Waals surface area contributed by atoms with Crippen molar-refractivity contribution >= 4 is 17.6 Å². The number of aromatic nitrogens is 1. The topological polar surface area (TPSA) is 79.7 Å². The molecule has 1 aliphatic heterocycles. The number of fused-ring (bicyclic) bond motifs is 1. The number of nitrogens with zero attached hydrogens (tertiary/aromatic N) is 2. The molecule has 2 unspecified atom stereocenters. The molecule has 2 heterocycles. The molecule has 2 aromatic rings. The Balaban J connectivity index is 2.02. The van der Waals surface area contributed by atoms with Gasteiger partial charge < -0.3 is 14.7 Å². The normalized spacial score (nSPS) is 20.2. The number of para-hydroxylation sites is 1. The SMILES string of the molecule is COC(=O)C1CC(=O)N(Cc2ccccn2)c2ccccc2C1O. The Kier molecular flexibility index (Phi) is 4.57. The lowest BCUT2D eigenvalue weighted by atomic mass is 9.93. The highest BCUT2D eigenvalue weighted by molar-refractivity contribution is 5.97. The van der Waals surface area contributed by atoms with Crippen LogP contribution in [0.5, 0.6) is 0 Å². The molecule has 1 N–H and O–H groups in total. The predicted molar refractivity (Wildman–Crippen MR) is 87.0 cm³/mol. The molecule has 1 aliphatic rings. The number of ether oxygens (including phenoxy) is 1. The van der Waals surface area contributed by atoms with Gasteiger partial charge in [0, 0.05) is 23.9 Å². The number of hydrogen-bond donors (Lipinski definition) is 1. The van der Waals surface area contributed by atoms with E-state index in [4.69, 9.17) is 4.74 Å². The molecule has 3 rings (SSSR count). The second-order valence-electron chi connectivity index (χ2n) is 5.64. The van der Waals surface area contributed by atoms with Crippen LogP contribution < -0.4 is 4.90 Å². The van der Waals surface area contributed by atoms with E-state index in [2.05, 4.69) is 4.98 Å². The number of benzene rings is 1. The van der Waals surface area contributed by atoms with Gasteiger partial charge in [-0.15, -0.1) is 0 Å². The van der Waals surface area contributed by atoms with Gasteiger partial charge in [0.15, 0.2) is 0 Å². The lowest BCUT2D eigenvalue weighted by Crippen LogP contribution is -2.32. The molecule has 2 atom stereocenters. The number of carbonyl (C=O) groups is 2. The highest BCUT2D eigenvalue weighted by atomic mass is 16.5. The van der Waals surface area contributed by atoms with E-state index < -0.39 is 18.0 Å². The lowest BCUT2D eigenvalue weighted by Gasteiger charge is -2.23. The summed E-state index contributed by atoms with van der Waals surface area (Å²) < 4.78 is 4.75. The van der Waals surface area contributed by atoms with Crippen molar-refractivity contribution < 1.29 is 19.4 Å². The van der Waals surface area contributed by atoms with Gasteiger partial charge in [-0.25, -0.2) is 0 Å². The standard InChI is InChI=1S/C18H18N2O4/c1-24-18(23)14-10-16(21)20(11-12-6-4-5-9-19-12)15-8-3-2-7-13(15)17(14)22/h2-9,14,17,22H,10-11H2,1H3. The maximum atomic E-state index is 12.7. The number of methoxy groups -OCH3 is 1. The molecule has 0 spiro atoms. The van der Waals surface area contributed by atoms with Gasteiger partial charge in [0.1, 0.15) is 0 Å². The Labute approximate surface area is 139 Å².